The Bertz CT molecular complexity index is 1210. The lowest BCUT2D eigenvalue weighted by Crippen LogP contribution is -2.40. The molecule has 0 unspecified atom stereocenters. The summed E-state index contributed by atoms with van der Waals surface area (Å²) in [6.07, 6.45) is 4.85. The molecule has 1 aliphatic rings. The number of anilines is 1. The van der Waals surface area contributed by atoms with E-state index in [0.29, 0.717) is 52.4 Å². The average Bonchev–Trinajstić information content (AvgIpc) is 2.78. The predicted octanol–water partition coefficient (Wildman–Crippen LogP) is 3.11. The molecule has 0 spiro atoms. The van der Waals surface area contributed by atoms with E-state index in [2.05, 4.69) is 9.97 Å². The van der Waals surface area contributed by atoms with E-state index in [9.17, 15) is 8.42 Å². The molecule has 0 atom stereocenters. The number of sulfone groups is 1. The predicted molar refractivity (Wildman–Crippen MR) is 120 cm³/mol. The largest absolute Gasteiger partial charge is 0.493 e. The van der Waals surface area contributed by atoms with Crippen LogP contribution in [0.2, 0.25) is 5.02 Å². The molecule has 3 heterocycles. The van der Waals surface area contributed by atoms with E-state index in [0.717, 1.165) is 5.56 Å². The summed E-state index contributed by atoms with van der Waals surface area (Å²) in [6.45, 7) is 0.743. The molecule has 2 aromatic heterocycles. The molecule has 0 aliphatic carbocycles. The van der Waals surface area contributed by atoms with E-state index in [1.165, 1.54) is 0 Å². The standard InChI is InChI=1S/C21H21ClN4O4S/c1-29-17-4-3-14(11-18(17)30-2)20-21(15-5-6-23-12-16(15)22)25-19(13-24-20)26-7-9-31(27,28)10-8-26/h3-6,11-13H,7-10H2,1-2H3. The molecule has 4 rings (SSSR count). The van der Waals surface area contributed by atoms with Gasteiger partial charge in [-0.25, -0.2) is 13.4 Å². The topological polar surface area (TPSA) is 94.5 Å². The van der Waals surface area contributed by atoms with Gasteiger partial charge < -0.3 is 14.4 Å². The number of benzene rings is 1. The molecule has 1 aromatic carbocycles. The molecule has 8 nitrogen and oxygen atoms in total. The van der Waals surface area contributed by atoms with Crippen molar-refractivity contribution in [2.24, 2.45) is 0 Å². The highest BCUT2D eigenvalue weighted by molar-refractivity contribution is 7.91. The quantitative estimate of drug-likeness (QED) is 0.573. The molecule has 1 saturated heterocycles. The monoisotopic (exact) mass is 460 g/mol. The fourth-order valence-electron chi connectivity index (χ4n) is 3.42. The van der Waals surface area contributed by atoms with Gasteiger partial charge in [-0.05, 0) is 24.3 Å². The SMILES string of the molecule is COc1ccc(-c2ncc(N3CCS(=O)(=O)CC3)nc2-c2ccncc2Cl)cc1OC. The molecule has 0 amide bonds. The van der Waals surface area contributed by atoms with Crippen molar-refractivity contribution in [3.8, 4) is 34.0 Å². The molecule has 10 heteroatoms. The van der Waals surface area contributed by atoms with Crippen LogP contribution in [-0.2, 0) is 9.84 Å². The highest BCUT2D eigenvalue weighted by atomic mass is 35.5. The lowest BCUT2D eigenvalue weighted by Gasteiger charge is -2.28. The number of methoxy groups -OCH3 is 2. The Balaban J connectivity index is 1.83. The molecule has 31 heavy (non-hydrogen) atoms. The molecule has 1 aliphatic heterocycles. The first-order valence-corrected chi connectivity index (χ1v) is 11.8. The summed E-state index contributed by atoms with van der Waals surface area (Å²) in [5.74, 6) is 1.96. The molecule has 162 valence electrons. The van der Waals surface area contributed by atoms with Crippen LogP contribution < -0.4 is 14.4 Å². The number of pyridine rings is 1. The minimum atomic E-state index is -3.00. The number of halogens is 1. The third-order valence-electron chi connectivity index (χ3n) is 5.11. The van der Waals surface area contributed by atoms with Crippen molar-refractivity contribution < 1.29 is 17.9 Å². The summed E-state index contributed by atoms with van der Waals surface area (Å²) in [6, 6.07) is 7.28. The average molecular weight is 461 g/mol. The fourth-order valence-corrected chi connectivity index (χ4v) is 4.83. The maximum absolute atomic E-state index is 11.8. The zero-order valence-corrected chi connectivity index (χ0v) is 18.7. The number of nitrogens with zero attached hydrogens (tertiary/aromatic N) is 4. The Morgan fingerprint density at radius 2 is 1.74 bits per heavy atom. The summed E-state index contributed by atoms with van der Waals surface area (Å²) in [7, 11) is 0.144. The van der Waals surface area contributed by atoms with Gasteiger partial charge in [0, 0.05) is 36.6 Å². The fraction of sp³-hybridized carbons (Fsp3) is 0.286. The Kier molecular flexibility index (Phi) is 5.97. The van der Waals surface area contributed by atoms with Gasteiger partial charge >= 0.3 is 0 Å². The lowest BCUT2D eigenvalue weighted by molar-refractivity contribution is 0.355. The van der Waals surface area contributed by atoms with Crippen LogP contribution in [0.4, 0.5) is 5.82 Å². The van der Waals surface area contributed by atoms with Gasteiger partial charge in [0.15, 0.2) is 21.3 Å². The Hall–Kier alpha value is -2.91. The first-order valence-electron chi connectivity index (χ1n) is 9.56. The highest BCUT2D eigenvalue weighted by Crippen LogP contribution is 2.37. The van der Waals surface area contributed by atoms with Crippen LogP contribution in [0.1, 0.15) is 0 Å². The first kappa shape index (κ1) is 21.3. The van der Waals surface area contributed by atoms with Crippen LogP contribution in [0.15, 0.2) is 42.9 Å². The maximum atomic E-state index is 11.8. The zero-order chi connectivity index (χ0) is 22.0. The number of hydrogen-bond donors (Lipinski definition) is 0. The zero-order valence-electron chi connectivity index (χ0n) is 17.1. The molecule has 0 N–H and O–H groups in total. The lowest BCUT2D eigenvalue weighted by atomic mass is 10.0. The van der Waals surface area contributed by atoms with E-state index in [4.69, 9.17) is 26.1 Å². The van der Waals surface area contributed by atoms with Crippen molar-refractivity contribution in [3.05, 3.63) is 47.9 Å². The number of rotatable bonds is 5. The van der Waals surface area contributed by atoms with Gasteiger partial charge in [-0.15, -0.1) is 0 Å². The van der Waals surface area contributed by atoms with E-state index in [1.807, 2.05) is 17.0 Å². The number of hydrogen-bond acceptors (Lipinski definition) is 8. The van der Waals surface area contributed by atoms with E-state index in [-0.39, 0.29) is 11.5 Å². The third kappa shape index (κ3) is 4.42. The van der Waals surface area contributed by atoms with Gasteiger partial charge in [-0.1, -0.05) is 11.6 Å². The maximum Gasteiger partial charge on any atom is 0.161 e. The summed E-state index contributed by atoms with van der Waals surface area (Å²) in [5.41, 5.74) is 2.65. The van der Waals surface area contributed by atoms with Crippen LogP contribution in [0, 0.1) is 0 Å². The van der Waals surface area contributed by atoms with Gasteiger partial charge in [-0.3, -0.25) is 9.97 Å². The number of ether oxygens (including phenoxy) is 2. The summed E-state index contributed by atoms with van der Waals surface area (Å²) >= 11 is 6.43. The minimum Gasteiger partial charge on any atom is -0.493 e. The molecule has 0 radical (unpaired) electrons. The second-order valence-corrected chi connectivity index (χ2v) is 9.70. The van der Waals surface area contributed by atoms with Gasteiger partial charge in [-0.2, -0.15) is 0 Å². The van der Waals surface area contributed by atoms with Crippen molar-refractivity contribution in [1.29, 1.82) is 0 Å². The smallest absolute Gasteiger partial charge is 0.161 e. The van der Waals surface area contributed by atoms with Gasteiger partial charge in [0.1, 0.15) is 11.5 Å². The van der Waals surface area contributed by atoms with Crippen LogP contribution in [-0.4, -0.2) is 62.2 Å². The molecule has 3 aromatic rings. The van der Waals surface area contributed by atoms with E-state index in [1.54, 1.807) is 44.9 Å². The molecule has 0 bridgehead atoms. The van der Waals surface area contributed by atoms with Crippen molar-refractivity contribution in [1.82, 2.24) is 15.0 Å². The van der Waals surface area contributed by atoms with E-state index < -0.39 is 9.84 Å². The minimum absolute atomic E-state index is 0.0947. The number of aromatic nitrogens is 3. The molecule has 0 saturated carbocycles. The van der Waals surface area contributed by atoms with Gasteiger partial charge in [0.2, 0.25) is 0 Å². The highest BCUT2D eigenvalue weighted by Gasteiger charge is 2.24. The van der Waals surface area contributed by atoms with Crippen LogP contribution >= 0.6 is 11.6 Å². The Morgan fingerprint density at radius 1 is 1.00 bits per heavy atom. The van der Waals surface area contributed by atoms with Gasteiger partial charge in [0.25, 0.3) is 0 Å². The van der Waals surface area contributed by atoms with E-state index >= 15 is 0 Å². The second-order valence-electron chi connectivity index (χ2n) is 6.99. The molecule has 1 fully saturated rings. The van der Waals surface area contributed by atoms with Crippen LogP contribution in [0.25, 0.3) is 22.5 Å². The molecular formula is C21H21ClN4O4S. The second kappa shape index (κ2) is 8.68. The van der Waals surface area contributed by atoms with Crippen molar-refractivity contribution in [3.63, 3.8) is 0 Å². The van der Waals surface area contributed by atoms with Crippen molar-refractivity contribution in [2.45, 2.75) is 0 Å². The Morgan fingerprint density at radius 3 is 2.42 bits per heavy atom. The van der Waals surface area contributed by atoms with Crippen LogP contribution in [0.3, 0.4) is 0 Å². The van der Waals surface area contributed by atoms with Gasteiger partial charge in [0.05, 0.1) is 42.6 Å². The summed E-state index contributed by atoms with van der Waals surface area (Å²) < 4.78 is 34.4. The third-order valence-corrected chi connectivity index (χ3v) is 7.02. The molecular weight excluding hydrogens is 440 g/mol. The Labute approximate surface area is 185 Å². The summed E-state index contributed by atoms with van der Waals surface area (Å²) in [5, 5.41) is 0.442. The van der Waals surface area contributed by atoms with Crippen LogP contribution in [0.5, 0.6) is 11.5 Å². The summed E-state index contributed by atoms with van der Waals surface area (Å²) in [4.78, 5) is 15.5. The van der Waals surface area contributed by atoms with Crippen molar-refractivity contribution in [2.75, 3.05) is 43.7 Å². The normalized spacial score (nSPS) is 15.5. The first-order chi connectivity index (χ1) is 14.9. The van der Waals surface area contributed by atoms with Crippen molar-refractivity contribution >= 4 is 27.3 Å².